The van der Waals surface area contributed by atoms with Gasteiger partial charge in [-0.1, -0.05) is 31.2 Å². The minimum atomic E-state index is -1.20. The molecule has 0 aliphatic heterocycles. The van der Waals surface area contributed by atoms with Crippen LogP contribution in [0.1, 0.15) is 61.4 Å². The fourth-order valence-corrected chi connectivity index (χ4v) is 5.25. The number of benzene rings is 2. The lowest BCUT2D eigenvalue weighted by atomic mass is 10.0. The van der Waals surface area contributed by atoms with Gasteiger partial charge in [-0.3, -0.25) is 4.79 Å². The van der Waals surface area contributed by atoms with Crippen molar-refractivity contribution < 1.29 is 14.6 Å². The molecule has 0 bridgehead atoms. The van der Waals surface area contributed by atoms with Crippen LogP contribution >= 0.6 is 0 Å². The van der Waals surface area contributed by atoms with Gasteiger partial charge >= 0.3 is 0 Å². The molecule has 44 heavy (non-hydrogen) atoms. The van der Waals surface area contributed by atoms with E-state index >= 15 is 0 Å². The molecule has 3 aromatic heterocycles. The van der Waals surface area contributed by atoms with Gasteiger partial charge in [0.05, 0.1) is 24.1 Å². The number of rotatable bonds is 10. The minimum absolute atomic E-state index is 0.0728. The lowest BCUT2D eigenvalue weighted by molar-refractivity contribution is 0.0732. The van der Waals surface area contributed by atoms with E-state index in [1.54, 1.807) is 36.6 Å². The third-order valence-corrected chi connectivity index (χ3v) is 8.16. The molecule has 1 atom stereocenters. The van der Waals surface area contributed by atoms with Gasteiger partial charge < -0.3 is 24.6 Å². The fourth-order valence-electron chi connectivity index (χ4n) is 5.25. The number of aliphatic hydroxyl groups is 1. The third-order valence-electron chi connectivity index (χ3n) is 8.16. The van der Waals surface area contributed by atoms with Gasteiger partial charge in [0.2, 0.25) is 0 Å². The van der Waals surface area contributed by atoms with Crippen molar-refractivity contribution in [3.63, 3.8) is 0 Å². The van der Waals surface area contributed by atoms with Crippen molar-refractivity contribution in [1.29, 1.82) is 0 Å². The zero-order valence-corrected chi connectivity index (χ0v) is 26.7. The van der Waals surface area contributed by atoms with Crippen molar-refractivity contribution in [2.75, 3.05) is 19.5 Å². The van der Waals surface area contributed by atoms with Crippen LogP contribution in [0.4, 0.5) is 5.82 Å². The van der Waals surface area contributed by atoms with E-state index in [1.165, 1.54) is 0 Å². The summed E-state index contributed by atoms with van der Waals surface area (Å²) < 4.78 is 9.34. The van der Waals surface area contributed by atoms with Crippen molar-refractivity contribution >= 4 is 17.4 Å². The van der Waals surface area contributed by atoms with Gasteiger partial charge in [-0.05, 0) is 63.4 Å². The van der Waals surface area contributed by atoms with Crippen LogP contribution in [0.15, 0.2) is 60.9 Å². The Morgan fingerprint density at radius 1 is 1.16 bits per heavy atom. The molecule has 0 fully saturated rings. The molecular weight excluding hydrogens is 554 g/mol. The van der Waals surface area contributed by atoms with Gasteiger partial charge in [0.25, 0.3) is 5.91 Å². The summed E-state index contributed by atoms with van der Waals surface area (Å²) in [6.45, 7) is 9.94. The van der Waals surface area contributed by atoms with Crippen LogP contribution in [0, 0.1) is 6.92 Å². The first-order chi connectivity index (χ1) is 20.9. The standard InChI is InChI=1S/C34H41N7O3/c1-9-21(2)40(7)33(42)26-18-24(13-14-27(26)44-8)30-22(3)38-41-29(19-28(34(4,5)43)37-32(30)41)36-20-23-11-10-12-25(17-23)31-35-15-16-39(31)6/h10-19,21,36,43H,9,20H2,1-8H3/t21-/m0/s1. The Hall–Kier alpha value is -4.70. The van der Waals surface area contributed by atoms with Crippen molar-refractivity contribution in [3.05, 3.63) is 83.4 Å². The summed E-state index contributed by atoms with van der Waals surface area (Å²) in [5.41, 5.74) is 4.73. The average Bonchev–Trinajstić information content (AvgIpc) is 3.59. The van der Waals surface area contributed by atoms with Crippen LogP contribution in [0.3, 0.4) is 0 Å². The van der Waals surface area contributed by atoms with E-state index in [0.717, 1.165) is 40.2 Å². The number of aromatic nitrogens is 5. The maximum absolute atomic E-state index is 13.5. The van der Waals surface area contributed by atoms with Gasteiger partial charge in [0.1, 0.15) is 23.0 Å². The molecule has 0 aliphatic rings. The molecule has 2 aromatic carbocycles. The van der Waals surface area contributed by atoms with Gasteiger partial charge in [-0.15, -0.1) is 0 Å². The SMILES string of the molecule is CC[C@H](C)N(C)C(=O)c1cc(-c2c(C)nn3c(NCc4cccc(-c5nccn5C)c4)cc(C(C)(C)O)nc23)ccc1OC. The van der Waals surface area contributed by atoms with E-state index in [-0.39, 0.29) is 11.9 Å². The number of nitrogens with one attached hydrogen (secondary N) is 1. The van der Waals surface area contributed by atoms with Crippen LogP contribution in [-0.2, 0) is 19.2 Å². The number of carbonyl (C=O) groups excluding carboxylic acids is 1. The summed E-state index contributed by atoms with van der Waals surface area (Å²) in [5, 5.41) is 19.4. The second-order valence-electron chi connectivity index (χ2n) is 11.8. The fraction of sp³-hybridized carbons (Fsp3) is 0.353. The summed E-state index contributed by atoms with van der Waals surface area (Å²) in [5.74, 6) is 1.96. The molecule has 0 aliphatic carbocycles. The number of methoxy groups -OCH3 is 1. The molecule has 0 radical (unpaired) electrons. The van der Waals surface area contributed by atoms with Crippen LogP contribution in [0.25, 0.3) is 28.2 Å². The number of hydrogen-bond acceptors (Lipinski definition) is 7. The molecule has 10 nitrogen and oxygen atoms in total. The molecule has 0 unspecified atom stereocenters. The summed E-state index contributed by atoms with van der Waals surface area (Å²) in [4.78, 5) is 24.6. The number of fused-ring (bicyclic) bond motifs is 1. The average molecular weight is 596 g/mol. The van der Waals surface area contributed by atoms with Crippen molar-refractivity contribution in [2.45, 2.75) is 59.2 Å². The quantitative estimate of drug-likeness (QED) is 0.209. The highest BCUT2D eigenvalue weighted by atomic mass is 16.5. The Labute approximate surface area is 258 Å². The molecule has 230 valence electrons. The Morgan fingerprint density at radius 3 is 2.59 bits per heavy atom. The first kappa shape index (κ1) is 30.7. The summed E-state index contributed by atoms with van der Waals surface area (Å²) in [6.07, 6.45) is 4.55. The molecule has 0 saturated heterocycles. The molecule has 3 heterocycles. The van der Waals surface area contributed by atoms with Crippen molar-refractivity contribution in [1.82, 2.24) is 29.0 Å². The second kappa shape index (κ2) is 12.1. The monoisotopic (exact) mass is 595 g/mol. The Balaban J connectivity index is 1.58. The van der Waals surface area contributed by atoms with Gasteiger partial charge in [0.15, 0.2) is 5.65 Å². The number of carbonyl (C=O) groups is 1. The lowest BCUT2D eigenvalue weighted by Crippen LogP contribution is -2.34. The van der Waals surface area contributed by atoms with Gasteiger partial charge in [-0.2, -0.15) is 9.61 Å². The van der Waals surface area contributed by atoms with Crippen LogP contribution in [0.2, 0.25) is 0 Å². The zero-order chi connectivity index (χ0) is 31.8. The highest BCUT2D eigenvalue weighted by Crippen LogP contribution is 2.34. The van der Waals surface area contributed by atoms with E-state index in [0.29, 0.717) is 35.0 Å². The maximum Gasteiger partial charge on any atom is 0.257 e. The largest absolute Gasteiger partial charge is 0.496 e. The molecule has 5 rings (SSSR count). The third kappa shape index (κ3) is 5.90. The maximum atomic E-state index is 13.5. The highest BCUT2D eigenvalue weighted by Gasteiger charge is 2.26. The molecule has 0 saturated carbocycles. The number of amides is 1. The molecule has 10 heteroatoms. The molecule has 5 aromatic rings. The lowest BCUT2D eigenvalue weighted by Gasteiger charge is -2.25. The summed E-state index contributed by atoms with van der Waals surface area (Å²) in [7, 11) is 5.35. The van der Waals surface area contributed by atoms with Crippen LogP contribution < -0.4 is 10.1 Å². The normalized spacial score (nSPS) is 12.4. The highest BCUT2D eigenvalue weighted by molar-refractivity contribution is 5.99. The number of aryl methyl sites for hydroxylation is 2. The molecule has 2 N–H and O–H groups in total. The Morgan fingerprint density at radius 2 is 1.93 bits per heavy atom. The first-order valence-corrected chi connectivity index (χ1v) is 14.8. The van der Waals surface area contributed by atoms with Crippen molar-refractivity contribution in [2.24, 2.45) is 7.05 Å². The first-order valence-electron chi connectivity index (χ1n) is 14.8. The van der Waals surface area contributed by atoms with E-state index in [2.05, 4.69) is 29.4 Å². The number of nitrogens with zero attached hydrogens (tertiary/aromatic N) is 6. The number of hydrogen-bond donors (Lipinski definition) is 2. The number of ether oxygens (including phenoxy) is 1. The second-order valence-corrected chi connectivity index (χ2v) is 11.8. The van der Waals surface area contributed by atoms with Gasteiger partial charge in [0, 0.05) is 56.3 Å². The van der Waals surface area contributed by atoms with E-state index < -0.39 is 5.60 Å². The smallest absolute Gasteiger partial charge is 0.257 e. The van der Waals surface area contributed by atoms with Crippen molar-refractivity contribution in [3.8, 4) is 28.3 Å². The molecule has 0 spiro atoms. The summed E-state index contributed by atoms with van der Waals surface area (Å²) >= 11 is 0. The minimum Gasteiger partial charge on any atom is -0.496 e. The summed E-state index contributed by atoms with van der Waals surface area (Å²) in [6, 6.07) is 15.7. The predicted molar refractivity (Wildman–Crippen MR) is 173 cm³/mol. The molecule has 1 amide bonds. The van der Waals surface area contributed by atoms with Crippen LogP contribution in [0.5, 0.6) is 5.75 Å². The Bertz CT molecular complexity index is 1820. The number of anilines is 1. The molecular formula is C34H41N7O3. The van der Waals surface area contributed by atoms with E-state index in [9.17, 15) is 9.90 Å². The van der Waals surface area contributed by atoms with Gasteiger partial charge in [-0.25, -0.2) is 9.97 Å². The zero-order valence-electron chi connectivity index (χ0n) is 26.7. The Kier molecular flexibility index (Phi) is 8.47. The van der Waals surface area contributed by atoms with E-state index in [4.69, 9.17) is 14.8 Å². The number of imidazole rings is 1. The van der Waals surface area contributed by atoms with E-state index in [1.807, 2.05) is 75.1 Å². The topological polar surface area (TPSA) is 110 Å². The predicted octanol–water partition coefficient (Wildman–Crippen LogP) is 5.82. The van der Waals surface area contributed by atoms with Crippen LogP contribution in [-0.4, -0.2) is 60.3 Å².